The van der Waals surface area contributed by atoms with Crippen LogP contribution in [0.3, 0.4) is 0 Å². The zero-order valence-corrected chi connectivity index (χ0v) is 14.0. The Morgan fingerprint density at radius 3 is 2.61 bits per heavy atom. The molecule has 0 aliphatic carbocycles. The number of hydrogen-bond acceptors (Lipinski definition) is 2. The van der Waals surface area contributed by atoms with Gasteiger partial charge in [0, 0.05) is 22.4 Å². The minimum absolute atomic E-state index is 0.330. The van der Waals surface area contributed by atoms with Crippen molar-refractivity contribution in [3.8, 4) is 0 Å². The molecule has 1 fully saturated rings. The molecule has 0 saturated carbocycles. The molecule has 0 aromatic heterocycles. The summed E-state index contributed by atoms with van der Waals surface area (Å²) in [4.78, 5) is 0.758. The zero-order chi connectivity index (χ0) is 13.3. The first-order valence-electron chi connectivity index (χ1n) is 5.81. The molecule has 2 rings (SSSR count). The maximum Gasteiger partial charge on any atom is 0.244 e. The number of nitrogens with zero attached hydrogens (tertiary/aromatic N) is 1. The van der Waals surface area contributed by atoms with Crippen LogP contribution in [0.25, 0.3) is 0 Å². The monoisotopic (exact) mass is 395 g/mol. The molecule has 1 saturated heterocycles. The molecule has 1 aliphatic rings. The number of benzene rings is 1. The highest BCUT2D eigenvalue weighted by atomic mass is 79.9. The van der Waals surface area contributed by atoms with Gasteiger partial charge in [-0.25, -0.2) is 8.42 Å². The molecule has 1 aliphatic heterocycles. The number of sulfonamides is 1. The summed E-state index contributed by atoms with van der Waals surface area (Å²) in [5.41, 5.74) is 0. The molecule has 1 heterocycles. The summed E-state index contributed by atoms with van der Waals surface area (Å²) >= 11 is 6.90. The lowest BCUT2D eigenvalue weighted by atomic mass is 10.0. The Balaban J connectivity index is 2.30. The first-order valence-corrected chi connectivity index (χ1v) is 8.96. The summed E-state index contributed by atoms with van der Waals surface area (Å²) in [6, 6.07) is 6.96. The molecule has 100 valence electrons. The van der Waals surface area contributed by atoms with Gasteiger partial charge in [-0.05, 0) is 40.4 Å². The highest BCUT2D eigenvalue weighted by molar-refractivity contribution is 9.10. The predicted octanol–water partition coefficient (Wildman–Crippen LogP) is 3.24. The zero-order valence-electron chi connectivity index (χ0n) is 10.0. The first kappa shape index (κ1) is 14.5. The highest BCUT2D eigenvalue weighted by Crippen LogP contribution is 2.30. The van der Waals surface area contributed by atoms with Crippen LogP contribution in [0.4, 0.5) is 0 Å². The molecule has 18 heavy (non-hydrogen) atoms. The summed E-state index contributed by atoms with van der Waals surface area (Å²) in [7, 11) is -3.38. The van der Waals surface area contributed by atoms with Gasteiger partial charge in [-0.1, -0.05) is 35.0 Å². The van der Waals surface area contributed by atoms with Crippen LogP contribution in [-0.4, -0.2) is 30.6 Å². The van der Waals surface area contributed by atoms with Gasteiger partial charge in [0.2, 0.25) is 10.0 Å². The summed E-state index contributed by atoms with van der Waals surface area (Å²) in [6.07, 6.45) is 0.852. The third-order valence-corrected chi connectivity index (χ3v) is 7.46. The number of hydrogen-bond donors (Lipinski definition) is 0. The van der Waals surface area contributed by atoms with E-state index < -0.39 is 10.0 Å². The van der Waals surface area contributed by atoms with Gasteiger partial charge >= 0.3 is 0 Å². The van der Waals surface area contributed by atoms with Crippen LogP contribution in [0, 0.1) is 5.92 Å². The standard InChI is InChI=1S/C12H15Br2NO2S/c1-9-8-15(7-6-10(9)13)18(16,17)12-5-3-2-4-11(12)14/h2-5,9-10H,6-8H2,1H3. The highest BCUT2D eigenvalue weighted by Gasteiger charge is 2.33. The minimum atomic E-state index is -3.38. The van der Waals surface area contributed by atoms with Crippen LogP contribution in [0.1, 0.15) is 13.3 Å². The number of alkyl halides is 1. The summed E-state index contributed by atoms with van der Waals surface area (Å²) in [5, 5.41) is 0. The molecule has 1 aromatic rings. The Bertz CT molecular complexity index is 533. The average molecular weight is 397 g/mol. The van der Waals surface area contributed by atoms with Crippen LogP contribution >= 0.6 is 31.9 Å². The van der Waals surface area contributed by atoms with E-state index in [9.17, 15) is 8.42 Å². The molecule has 2 atom stereocenters. The molecule has 6 heteroatoms. The second kappa shape index (κ2) is 5.61. The van der Waals surface area contributed by atoms with Crippen molar-refractivity contribution in [2.24, 2.45) is 5.92 Å². The Morgan fingerprint density at radius 2 is 2.00 bits per heavy atom. The third kappa shape index (κ3) is 2.81. The lowest BCUT2D eigenvalue weighted by Gasteiger charge is -2.33. The van der Waals surface area contributed by atoms with Crippen molar-refractivity contribution in [1.29, 1.82) is 0 Å². The predicted molar refractivity (Wildman–Crippen MR) is 79.4 cm³/mol. The maximum atomic E-state index is 12.5. The fourth-order valence-corrected chi connectivity index (χ4v) is 4.98. The number of piperidine rings is 1. The lowest BCUT2D eigenvalue weighted by molar-refractivity contribution is 0.291. The van der Waals surface area contributed by atoms with E-state index in [4.69, 9.17) is 0 Å². The van der Waals surface area contributed by atoms with Gasteiger partial charge in [-0.3, -0.25) is 0 Å². The van der Waals surface area contributed by atoms with E-state index in [-0.39, 0.29) is 0 Å². The van der Waals surface area contributed by atoms with E-state index in [1.807, 2.05) is 6.07 Å². The van der Waals surface area contributed by atoms with E-state index in [2.05, 4.69) is 38.8 Å². The smallest absolute Gasteiger partial charge is 0.207 e. The van der Waals surface area contributed by atoms with E-state index in [0.29, 0.717) is 33.2 Å². The number of rotatable bonds is 2. The normalized spacial score (nSPS) is 26.2. The molecular formula is C12H15Br2NO2S. The van der Waals surface area contributed by atoms with Crippen molar-refractivity contribution in [2.75, 3.05) is 13.1 Å². The Labute approximate surface area is 125 Å². The second-order valence-electron chi connectivity index (χ2n) is 4.58. The molecule has 0 radical (unpaired) electrons. The molecule has 3 nitrogen and oxygen atoms in total. The second-order valence-corrected chi connectivity index (χ2v) is 8.51. The van der Waals surface area contributed by atoms with Gasteiger partial charge in [0.15, 0.2) is 0 Å². The van der Waals surface area contributed by atoms with Crippen LogP contribution in [-0.2, 0) is 10.0 Å². The van der Waals surface area contributed by atoms with Crippen molar-refractivity contribution < 1.29 is 8.42 Å². The SMILES string of the molecule is CC1CN(S(=O)(=O)c2ccccc2Br)CCC1Br. The van der Waals surface area contributed by atoms with E-state index >= 15 is 0 Å². The average Bonchev–Trinajstić information content (AvgIpc) is 2.33. The van der Waals surface area contributed by atoms with E-state index in [1.54, 1.807) is 22.5 Å². The Kier molecular flexibility index (Phi) is 4.52. The quantitative estimate of drug-likeness (QED) is 0.719. The van der Waals surface area contributed by atoms with Gasteiger partial charge in [0.05, 0.1) is 4.90 Å². The molecular weight excluding hydrogens is 382 g/mol. The summed E-state index contributed by atoms with van der Waals surface area (Å²) in [6.45, 7) is 3.21. The fourth-order valence-electron chi connectivity index (χ4n) is 2.09. The van der Waals surface area contributed by atoms with Crippen molar-refractivity contribution in [2.45, 2.75) is 23.1 Å². The van der Waals surface area contributed by atoms with Crippen molar-refractivity contribution in [3.05, 3.63) is 28.7 Å². The van der Waals surface area contributed by atoms with Gasteiger partial charge in [0.25, 0.3) is 0 Å². The van der Waals surface area contributed by atoms with Crippen molar-refractivity contribution in [1.82, 2.24) is 4.31 Å². The summed E-state index contributed by atoms with van der Waals surface area (Å²) < 4.78 is 27.3. The van der Waals surface area contributed by atoms with Gasteiger partial charge < -0.3 is 0 Å². The summed E-state index contributed by atoms with van der Waals surface area (Å²) in [5.74, 6) is 0.330. The van der Waals surface area contributed by atoms with Crippen LogP contribution in [0.5, 0.6) is 0 Å². The van der Waals surface area contributed by atoms with E-state index in [1.165, 1.54) is 0 Å². The Hall–Kier alpha value is 0.0900. The third-order valence-electron chi connectivity index (χ3n) is 3.22. The molecule has 2 unspecified atom stereocenters. The molecule has 1 aromatic carbocycles. The van der Waals surface area contributed by atoms with Crippen molar-refractivity contribution >= 4 is 41.9 Å². The molecule has 0 bridgehead atoms. The molecule has 0 amide bonds. The first-order chi connectivity index (χ1) is 8.43. The topological polar surface area (TPSA) is 37.4 Å². The lowest BCUT2D eigenvalue weighted by Crippen LogP contribution is -2.43. The fraction of sp³-hybridized carbons (Fsp3) is 0.500. The van der Waals surface area contributed by atoms with Crippen LogP contribution in [0.2, 0.25) is 0 Å². The number of halogens is 2. The van der Waals surface area contributed by atoms with Crippen LogP contribution < -0.4 is 0 Å². The van der Waals surface area contributed by atoms with Gasteiger partial charge in [-0.15, -0.1) is 0 Å². The molecule has 0 spiro atoms. The van der Waals surface area contributed by atoms with Gasteiger partial charge in [-0.2, -0.15) is 4.31 Å². The maximum absolute atomic E-state index is 12.5. The minimum Gasteiger partial charge on any atom is -0.207 e. The largest absolute Gasteiger partial charge is 0.244 e. The van der Waals surface area contributed by atoms with Crippen molar-refractivity contribution in [3.63, 3.8) is 0 Å². The van der Waals surface area contributed by atoms with Crippen LogP contribution in [0.15, 0.2) is 33.6 Å². The van der Waals surface area contributed by atoms with Gasteiger partial charge in [0.1, 0.15) is 0 Å². The molecule has 0 N–H and O–H groups in total. The Morgan fingerprint density at radius 1 is 1.33 bits per heavy atom. The van der Waals surface area contributed by atoms with E-state index in [0.717, 1.165) is 6.42 Å².